The Kier molecular flexibility index (Phi) is 4.72. The number of benzene rings is 1. The van der Waals surface area contributed by atoms with Crippen LogP contribution in [0.2, 0.25) is 0 Å². The van der Waals surface area contributed by atoms with Crippen molar-refractivity contribution in [1.82, 2.24) is 0 Å². The minimum Gasteiger partial charge on any atom is -0.493 e. The van der Waals surface area contributed by atoms with E-state index in [9.17, 15) is 0 Å². The monoisotopic (exact) mass is 227 g/mol. The molecule has 1 aromatic rings. The maximum absolute atomic E-state index is 5.21. The van der Waals surface area contributed by atoms with Gasteiger partial charge in [-0.3, -0.25) is 0 Å². The normalized spacial score (nSPS) is 9.75. The second-order valence-electron chi connectivity index (χ2n) is 3.02. The second kappa shape index (κ2) is 6.07. The van der Waals surface area contributed by atoms with Crippen molar-refractivity contribution in [3.05, 3.63) is 12.1 Å². The summed E-state index contributed by atoms with van der Waals surface area (Å²) in [5, 5.41) is 3.06. The highest BCUT2D eigenvalue weighted by Gasteiger charge is 2.12. The van der Waals surface area contributed by atoms with Gasteiger partial charge in [0.15, 0.2) is 11.5 Å². The molecule has 0 heterocycles. The molecular formula is C11H17NO4. The Labute approximate surface area is 95.3 Å². The van der Waals surface area contributed by atoms with Gasteiger partial charge in [0.05, 0.1) is 21.3 Å². The molecule has 0 aliphatic rings. The number of hydrogen-bond donors (Lipinski definition) is 1. The van der Waals surface area contributed by atoms with Gasteiger partial charge in [0.1, 0.15) is 6.73 Å². The standard InChI is InChI=1S/C11H17NO4/c1-13-7-12-8-5-9(14-2)11(16-4)10(6-8)15-3/h5-6,12H,7H2,1-4H3. The molecule has 90 valence electrons. The molecule has 1 N–H and O–H groups in total. The van der Waals surface area contributed by atoms with Crippen LogP contribution < -0.4 is 19.5 Å². The molecule has 0 aliphatic carbocycles. The third kappa shape index (κ3) is 2.70. The summed E-state index contributed by atoms with van der Waals surface area (Å²) in [5.41, 5.74) is 0.844. The summed E-state index contributed by atoms with van der Waals surface area (Å²) in [6.45, 7) is 0.415. The second-order valence-corrected chi connectivity index (χ2v) is 3.02. The van der Waals surface area contributed by atoms with E-state index in [0.29, 0.717) is 24.0 Å². The molecule has 0 fully saturated rings. The molecule has 16 heavy (non-hydrogen) atoms. The summed E-state index contributed by atoms with van der Waals surface area (Å²) in [4.78, 5) is 0. The molecule has 0 bridgehead atoms. The molecule has 0 saturated carbocycles. The lowest BCUT2D eigenvalue weighted by Crippen LogP contribution is -2.04. The number of hydrogen-bond acceptors (Lipinski definition) is 5. The van der Waals surface area contributed by atoms with E-state index in [2.05, 4.69) is 5.32 Å². The maximum Gasteiger partial charge on any atom is 0.203 e. The zero-order chi connectivity index (χ0) is 12.0. The quantitative estimate of drug-likeness (QED) is 0.750. The Morgan fingerprint density at radius 3 is 1.88 bits per heavy atom. The summed E-state index contributed by atoms with van der Waals surface area (Å²) in [6.07, 6.45) is 0. The summed E-state index contributed by atoms with van der Waals surface area (Å²) in [7, 11) is 6.35. The molecule has 1 aromatic carbocycles. The largest absolute Gasteiger partial charge is 0.493 e. The van der Waals surface area contributed by atoms with Crippen molar-refractivity contribution in [2.75, 3.05) is 40.5 Å². The molecule has 0 aromatic heterocycles. The number of methoxy groups -OCH3 is 4. The third-order valence-electron chi connectivity index (χ3n) is 2.09. The number of anilines is 1. The summed E-state index contributed by atoms with van der Waals surface area (Å²) in [5.74, 6) is 1.80. The minimum absolute atomic E-state index is 0.415. The first-order valence-corrected chi connectivity index (χ1v) is 4.79. The van der Waals surface area contributed by atoms with Crippen LogP contribution in [0, 0.1) is 0 Å². The fourth-order valence-corrected chi connectivity index (χ4v) is 1.34. The van der Waals surface area contributed by atoms with Gasteiger partial charge in [-0.2, -0.15) is 0 Å². The Morgan fingerprint density at radius 1 is 0.938 bits per heavy atom. The van der Waals surface area contributed by atoms with Crippen molar-refractivity contribution < 1.29 is 18.9 Å². The first-order chi connectivity index (χ1) is 7.76. The van der Waals surface area contributed by atoms with E-state index < -0.39 is 0 Å². The molecule has 0 amide bonds. The minimum atomic E-state index is 0.415. The molecule has 1 rings (SSSR count). The van der Waals surface area contributed by atoms with Gasteiger partial charge >= 0.3 is 0 Å². The van der Waals surface area contributed by atoms with Crippen molar-refractivity contribution >= 4 is 5.69 Å². The smallest absolute Gasteiger partial charge is 0.203 e. The van der Waals surface area contributed by atoms with Crippen LogP contribution in [0.1, 0.15) is 0 Å². The Hall–Kier alpha value is -1.62. The van der Waals surface area contributed by atoms with Crippen molar-refractivity contribution in [3.8, 4) is 17.2 Å². The highest BCUT2D eigenvalue weighted by atomic mass is 16.5. The topological polar surface area (TPSA) is 49.0 Å². The third-order valence-corrected chi connectivity index (χ3v) is 2.09. The van der Waals surface area contributed by atoms with Gasteiger partial charge in [0.2, 0.25) is 5.75 Å². The predicted molar refractivity (Wildman–Crippen MR) is 61.6 cm³/mol. The molecule has 0 saturated heterocycles. The molecule has 5 heteroatoms. The highest BCUT2D eigenvalue weighted by Crippen LogP contribution is 2.39. The molecule has 0 radical (unpaired) electrons. The fourth-order valence-electron chi connectivity index (χ4n) is 1.34. The summed E-state index contributed by atoms with van der Waals surface area (Å²) < 4.78 is 20.6. The first-order valence-electron chi connectivity index (χ1n) is 4.79. The van der Waals surface area contributed by atoms with E-state index >= 15 is 0 Å². The van der Waals surface area contributed by atoms with Crippen LogP contribution in [-0.4, -0.2) is 35.2 Å². The number of nitrogens with one attached hydrogen (secondary N) is 1. The van der Waals surface area contributed by atoms with Crippen molar-refractivity contribution in [2.45, 2.75) is 0 Å². The maximum atomic E-state index is 5.21. The van der Waals surface area contributed by atoms with E-state index in [4.69, 9.17) is 18.9 Å². The Balaban J connectivity index is 3.05. The first kappa shape index (κ1) is 12.4. The van der Waals surface area contributed by atoms with E-state index in [1.165, 1.54) is 0 Å². The van der Waals surface area contributed by atoms with Gasteiger partial charge in [-0.25, -0.2) is 0 Å². The van der Waals surface area contributed by atoms with E-state index in [-0.39, 0.29) is 0 Å². The SMILES string of the molecule is COCNc1cc(OC)c(OC)c(OC)c1. The summed E-state index contributed by atoms with van der Waals surface area (Å²) in [6, 6.07) is 3.64. The lowest BCUT2D eigenvalue weighted by molar-refractivity contribution is 0.221. The van der Waals surface area contributed by atoms with Gasteiger partial charge in [0, 0.05) is 24.9 Å². The van der Waals surface area contributed by atoms with Crippen molar-refractivity contribution in [2.24, 2.45) is 0 Å². The fraction of sp³-hybridized carbons (Fsp3) is 0.455. The van der Waals surface area contributed by atoms with Crippen LogP contribution in [0.15, 0.2) is 12.1 Å². The lowest BCUT2D eigenvalue weighted by atomic mass is 10.2. The molecule has 0 aliphatic heterocycles. The van der Waals surface area contributed by atoms with Crippen LogP contribution in [0.4, 0.5) is 5.69 Å². The lowest BCUT2D eigenvalue weighted by Gasteiger charge is -2.14. The highest BCUT2D eigenvalue weighted by molar-refractivity contribution is 5.62. The van der Waals surface area contributed by atoms with Gasteiger partial charge in [-0.15, -0.1) is 0 Å². The van der Waals surface area contributed by atoms with E-state index in [1.807, 2.05) is 12.1 Å². The average molecular weight is 227 g/mol. The molecular weight excluding hydrogens is 210 g/mol. The van der Waals surface area contributed by atoms with Crippen LogP contribution >= 0.6 is 0 Å². The molecule has 5 nitrogen and oxygen atoms in total. The molecule has 0 unspecified atom stereocenters. The van der Waals surface area contributed by atoms with Crippen LogP contribution in [0.3, 0.4) is 0 Å². The zero-order valence-corrected chi connectivity index (χ0v) is 9.99. The van der Waals surface area contributed by atoms with Crippen LogP contribution in [-0.2, 0) is 4.74 Å². The summed E-state index contributed by atoms with van der Waals surface area (Å²) >= 11 is 0. The van der Waals surface area contributed by atoms with Crippen LogP contribution in [0.25, 0.3) is 0 Å². The predicted octanol–water partition coefficient (Wildman–Crippen LogP) is 1.73. The van der Waals surface area contributed by atoms with E-state index in [0.717, 1.165) is 5.69 Å². The van der Waals surface area contributed by atoms with Gasteiger partial charge < -0.3 is 24.3 Å². The Morgan fingerprint density at radius 2 is 1.50 bits per heavy atom. The Bertz CT molecular complexity index is 316. The van der Waals surface area contributed by atoms with Crippen LogP contribution in [0.5, 0.6) is 17.2 Å². The van der Waals surface area contributed by atoms with Gasteiger partial charge in [-0.1, -0.05) is 0 Å². The molecule has 0 atom stereocenters. The average Bonchev–Trinajstić information content (AvgIpc) is 2.34. The number of rotatable bonds is 6. The van der Waals surface area contributed by atoms with Gasteiger partial charge in [0.25, 0.3) is 0 Å². The van der Waals surface area contributed by atoms with Crippen molar-refractivity contribution in [1.29, 1.82) is 0 Å². The molecule has 0 spiro atoms. The van der Waals surface area contributed by atoms with E-state index in [1.54, 1.807) is 28.4 Å². The zero-order valence-electron chi connectivity index (χ0n) is 9.99. The van der Waals surface area contributed by atoms with Crippen molar-refractivity contribution in [3.63, 3.8) is 0 Å². The van der Waals surface area contributed by atoms with Gasteiger partial charge in [-0.05, 0) is 0 Å². The number of ether oxygens (including phenoxy) is 4.